The highest BCUT2D eigenvalue weighted by atomic mass is 14.5. The van der Waals surface area contributed by atoms with Gasteiger partial charge >= 0.3 is 0 Å². The second-order valence-electron chi connectivity index (χ2n) is 5.20. The number of hydrogen-bond acceptors (Lipinski definition) is 0. The highest BCUT2D eigenvalue weighted by molar-refractivity contribution is 5.29. The van der Waals surface area contributed by atoms with Crippen molar-refractivity contribution in [2.45, 2.75) is 40.0 Å². The molecule has 1 fully saturated rings. The highest BCUT2D eigenvalue weighted by Gasteiger charge is 2.42. The van der Waals surface area contributed by atoms with E-state index in [1.807, 2.05) is 0 Å². The van der Waals surface area contributed by atoms with E-state index in [4.69, 9.17) is 0 Å². The molecule has 0 heterocycles. The lowest BCUT2D eigenvalue weighted by molar-refractivity contribution is 0.0756. The minimum Gasteiger partial charge on any atom is -0.0620 e. The third-order valence-electron chi connectivity index (χ3n) is 4.54. The summed E-state index contributed by atoms with van der Waals surface area (Å²) >= 11 is 0. The Balaban J connectivity index is 2.23. The molecule has 0 heteroatoms. The average molecular weight is 202 g/mol. The van der Waals surface area contributed by atoms with Gasteiger partial charge in [0, 0.05) is 0 Å². The summed E-state index contributed by atoms with van der Waals surface area (Å²) in [4.78, 5) is 0. The Bertz CT molecular complexity index is 330. The van der Waals surface area contributed by atoms with Crippen LogP contribution in [0.1, 0.15) is 44.7 Å². The smallest absolute Gasteiger partial charge is 0.0105 e. The van der Waals surface area contributed by atoms with Gasteiger partial charge in [-0.05, 0) is 41.2 Å². The molecule has 0 nitrogen and oxygen atoms in total. The van der Waals surface area contributed by atoms with Gasteiger partial charge in [0.1, 0.15) is 0 Å². The summed E-state index contributed by atoms with van der Waals surface area (Å²) in [7, 11) is 0. The van der Waals surface area contributed by atoms with E-state index in [9.17, 15) is 0 Å². The maximum Gasteiger partial charge on any atom is -0.0105 e. The molecule has 15 heavy (non-hydrogen) atoms. The van der Waals surface area contributed by atoms with Crippen LogP contribution in [0.4, 0.5) is 0 Å². The van der Waals surface area contributed by atoms with Crippen molar-refractivity contribution in [1.82, 2.24) is 0 Å². The predicted octanol–water partition coefficient (Wildman–Crippen LogP) is 4.25. The molecular weight excluding hydrogens is 180 g/mol. The van der Waals surface area contributed by atoms with Crippen LogP contribution in [0, 0.1) is 17.8 Å². The molecule has 1 aromatic rings. The van der Waals surface area contributed by atoms with Crippen molar-refractivity contribution in [3.8, 4) is 0 Å². The summed E-state index contributed by atoms with van der Waals surface area (Å²) in [6, 6.07) is 9.17. The van der Waals surface area contributed by atoms with Crippen LogP contribution in [-0.4, -0.2) is 0 Å². The molecule has 2 unspecified atom stereocenters. The third kappa shape index (κ3) is 1.71. The Morgan fingerprint density at radius 1 is 1.00 bits per heavy atom. The standard InChI is InChI=1S/C15H22/c1-5-13-7-6-8-14(9-13)15-11(3)10(2)12(15)4/h6-12,15H,5H2,1-4H3. The summed E-state index contributed by atoms with van der Waals surface area (Å²) < 4.78 is 0. The molecule has 0 saturated heterocycles. The molecular formula is C15H22. The van der Waals surface area contributed by atoms with Crippen LogP contribution in [0.5, 0.6) is 0 Å². The molecule has 1 aliphatic rings. The molecule has 0 radical (unpaired) electrons. The first kappa shape index (κ1) is 10.7. The Kier molecular flexibility index (Phi) is 2.86. The minimum absolute atomic E-state index is 0.798. The van der Waals surface area contributed by atoms with E-state index in [1.165, 1.54) is 5.56 Å². The van der Waals surface area contributed by atoms with Crippen LogP contribution in [0.25, 0.3) is 0 Å². The summed E-state index contributed by atoms with van der Waals surface area (Å²) in [5.74, 6) is 3.39. The van der Waals surface area contributed by atoms with Crippen LogP contribution < -0.4 is 0 Å². The van der Waals surface area contributed by atoms with Crippen LogP contribution in [-0.2, 0) is 6.42 Å². The fraction of sp³-hybridized carbons (Fsp3) is 0.600. The van der Waals surface area contributed by atoms with E-state index in [2.05, 4.69) is 52.0 Å². The first-order valence-corrected chi connectivity index (χ1v) is 6.24. The number of hydrogen-bond donors (Lipinski definition) is 0. The largest absolute Gasteiger partial charge is 0.0620 e. The molecule has 0 bridgehead atoms. The van der Waals surface area contributed by atoms with Crippen molar-refractivity contribution < 1.29 is 0 Å². The topological polar surface area (TPSA) is 0 Å². The zero-order chi connectivity index (χ0) is 11.0. The van der Waals surface area contributed by atoms with E-state index in [0.29, 0.717) is 0 Å². The minimum atomic E-state index is 0.798. The predicted molar refractivity (Wildman–Crippen MR) is 66.1 cm³/mol. The fourth-order valence-corrected chi connectivity index (χ4v) is 3.09. The first-order valence-electron chi connectivity index (χ1n) is 6.24. The Morgan fingerprint density at radius 3 is 2.27 bits per heavy atom. The van der Waals surface area contributed by atoms with E-state index in [0.717, 1.165) is 30.1 Å². The van der Waals surface area contributed by atoms with Crippen molar-refractivity contribution in [3.05, 3.63) is 35.4 Å². The molecule has 0 N–H and O–H groups in total. The number of benzene rings is 1. The zero-order valence-corrected chi connectivity index (χ0v) is 10.3. The molecule has 2 rings (SSSR count). The van der Waals surface area contributed by atoms with Crippen LogP contribution in [0.15, 0.2) is 24.3 Å². The lowest BCUT2D eigenvalue weighted by atomic mass is 9.56. The monoisotopic (exact) mass is 202 g/mol. The molecule has 1 saturated carbocycles. The summed E-state index contributed by atoms with van der Waals surface area (Å²) in [6.07, 6.45) is 1.15. The lowest BCUT2D eigenvalue weighted by Gasteiger charge is -2.48. The van der Waals surface area contributed by atoms with Crippen molar-refractivity contribution in [2.24, 2.45) is 17.8 Å². The molecule has 1 aliphatic carbocycles. The molecule has 0 aromatic heterocycles. The normalized spacial score (nSPS) is 34.9. The molecule has 2 atom stereocenters. The van der Waals surface area contributed by atoms with Crippen molar-refractivity contribution in [3.63, 3.8) is 0 Å². The second kappa shape index (κ2) is 4.00. The maximum atomic E-state index is 2.41. The molecule has 1 aromatic carbocycles. The van der Waals surface area contributed by atoms with Gasteiger partial charge in [0.15, 0.2) is 0 Å². The van der Waals surface area contributed by atoms with Gasteiger partial charge in [-0.1, -0.05) is 52.0 Å². The second-order valence-corrected chi connectivity index (χ2v) is 5.20. The van der Waals surface area contributed by atoms with Gasteiger partial charge in [-0.25, -0.2) is 0 Å². The Labute approximate surface area is 93.7 Å². The number of aryl methyl sites for hydroxylation is 1. The van der Waals surface area contributed by atoms with E-state index in [1.54, 1.807) is 5.56 Å². The van der Waals surface area contributed by atoms with Gasteiger partial charge in [0.25, 0.3) is 0 Å². The highest BCUT2D eigenvalue weighted by Crippen LogP contribution is 2.51. The third-order valence-corrected chi connectivity index (χ3v) is 4.54. The van der Waals surface area contributed by atoms with Gasteiger partial charge < -0.3 is 0 Å². The maximum absolute atomic E-state index is 2.41. The van der Waals surface area contributed by atoms with Crippen molar-refractivity contribution in [1.29, 1.82) is 0 Å². The molecule has 0 aliphatic heterocycles. The van der Waals surface area contributed by atoms with E-state index in [-0.39, 0.29) is 0 Å². The van der Waals surface area contributed by atoms with Crippen molar-refractivity contribution in [2.75, 3.05) is 0 Å². The van der Waals surface area contributed by atoms with Crippen molar-refractivity contribution >= 4 is 0 Å². The number of rotatable bonds is 2. The quantitative estimate of drug-likeness (QED) is 0.672. The van der Waals surface area contributed by atoms with Crippen LogP contribution in [0.2, 0.25) is 0 Å². The van der Waals surface area contributed by atoms with Gasteiger partial charge in [-0.15, -0.1) is 0 Å². The fourth-order valence-electron chi connectivity index (χ4n) is 3.09. The van der Waals surface area contributed by atoms with Gasteiger partial charge in [0.05, 0.1) is 0 Å². The molecule has 82 valence electrons. The summed E-state index contributed by atoms with van der Waals surface area (Å²) in [5.41, 5.74) is 3.04. The Morgan fingerprint density at radius 2 is 1.67 bits per heavy atom. The lowest BCUT2D eigenvalue weighted by Crippen LogP contribution is -2.39. The SMILES string of the molecule is CCc1cccc(C2C(C)C(C)C2C)c1. The van der Waals surface area contributed by atoms with E-state index < -0.39 is 0 Å². The Hall–Kier alpha value is -0.780. The summed E-state index contributed by atoms with van der Waals surface area (Å²) in [5, 5.41) is 0. The first-order chi connectivity index (χ1) is 7.15. The molecule has 0 amide bonds. The zero-order valence-electron chi connectivity index (χ0n) is 10.3. The van der Waals surface area contributed by atoms with Gasteiger partial charge in [0.2, 0.25) is 0 Å². The van der Waals surface area contributed by atoms with Crippen LogP contribution in [0.3, 0.4) is 0 Å². The van der Waals surface area contributed by atoms with Crippen LogP contribution >= 0.6 is 0 Å². The molecule has 0 spiro atoms. The van der Waals surface area contributed by atoms with Gasteiger partial charge in [-0.3, -0.25) is 0 Å². The van der Waals surface area contributed by atoms with E-state index >= 15 is 0 Å². The van der Waals surface area contributed by atoms with Gasteiger partial charge in [-0.2, -0.15) is 0 Å². The summed E-state index contributed by atoms with van der Waals surface area (Å²) in [6.45, 7) is 9.41. The average Bonchev–Trinajstić information content (AvgIpc) is 2.29.